The first-order chi connectivity index (χ1) is 10.6. The molecular formula is C17H13BrN2O2. The summed E-state index contributed by atoms with van der Waals surface area (Å²) < 4.78 is 0.891. The Morgan fingerprint density at radius 3 is 2.55 bits per heavy atom. The minimum Gasteiger partial charge on any atom is -0.321 e. The van der Waals surface area contributed by atoms with Crippen LogP contribution >= 0.6 is 15.9 Å². The van der Waals surface area contributed by atoms with Crippen LogP contribution < -0.4 is 10.5 Å². The first-order valence-electron chi connectivity index (χ1n) is 6.72. The molecular weight excluding hydrogens is 344 g/mol. The molecule has 0 saturated heterocycles. The number of benzene rings is 2. The molecule has 3 aromatic rings. The highest BCUT2D eigenvalue weighted by atomic mass is 79.9. The van der Waals surface area contributed by atoms with Crippen LogP contribution in [0.25, 0.3) is 10.9 Å². The number of rotatable bonds is 2. The molecule has 0 aliphatic carbocycles. The van der Waals surface area contributed by atoms with E-state index in [0.717, 1.165) is 15.5 Å². The summed E-state index contributed by atoms with van der Waals surface area (Å²) in [5, 5.41) is 0.804. The summed E-state index contributed by atoms with van der Waals surface area (Å²) >= 11 is 3.39. The van der Waals surface area contributed by atoms with Crippen molar-refractivity contribution < 1.29 is 4.79 Å². The Morgan fingerprint density at radius 2 is 1.82 bits per heavy atom. The molecule has 1 heterocycles. The first-order valence-corrected chi connectivity index (χ1v) is 7.51. The van der Waals surface area contributed by atoms with Crippen molar-refractivity contribution in [1.29, 1.82) is 0 Å². The SMILES string of the molecule is CN(C(=O)c1cc2cc(Br)ccc2[nH]c1=O)c1ccccc1. The number of aromatic nitrogens is 1. The van der Waals surface area contributed by atoms with E-state index < -0.39 is 0 Å². The van der Waals surface area contributed by atoms with Gasteiger partial charge in [-0.05, 0) is 36.4 Å². The van der Waals surface area contributed by atoms with Gasteiger partial charge in [0.15, 0.2) is 0 Å². The number of hydrogen-bond acceptors (Lipinski definition) is 2. The summed E-state index contributed by atoms with van der Waals surface area (Å²) in [4.78, 5) is 29.0. The van der Waals surface area contributed by atoms with Gasteiger partial charge >= 0.3 is 0 Å². The number of amides is 1. The van der Waals surface area contributed by atoms with Crippen molar-refractivity contribution in [3.05, 3.63) is 75.0 Å². The van der Waals surface area contributed by atoms with Crippen LogP contribution in [0.5, 0.6) is 0 Å². The van der Waals surface area contributed by atoms with Crippen molar-refractivity contribution in [3.63, 3.8) is 0 Å². The van der Waals surface area contributed by atoms with Crippen LogP contribution in [0.3, 0.4) is 0 Å². The van der Waals surface area contributed by atoms with Crippen molar-refractivity contribution in [2.24, 2.45) is 0 Å². The lowest BCUT2D eigenvalue weighted by Crippen LogP contribution is -2.31. The fraction of sp³-hybridized carbons (Fsp3) is 0.0588. The number of aromatic amines is 1. The minimum atomic E-state index is -0.386. The number of pyridine rings is 1. The summed E-state index contributed by atoms with van der Waals surface area (Å²) in [5.41, 5.74) is 1.17. The molecule has 0 fully saturated rings. The molecule has 2 aromatic carbocycles. The van der Waals surface area contributed by atoms with Crippen LogP contribution in [0.1, 0.15) is 10.4 Å². The van der Waals surface area contributed by atoms with Gasteiger partial charge in [-0.1, -0.05) is 34.1 Å². The van der Waals surface area contributed by atoms with Crippen LogP contribution in [0.15, 0.2) is 63.9 Å². The van der Waals surface area contributed by atoms with Crippen LogP contribution in [0, 0.1) is 0 Å². The lowest BCUT2D eigenvalue weighted by molar-refractivity contribution is 0.0991. The minimum absolute atomic E-state index is 0.122. The molecule has 0 saturated carbocycles. The van der Waals surface area contributed by atoms with Crippen LogP contribution in [0.4, 0.5) is 5.69 Å². The van der Waals surface area contributed by atoms with E-state index in [1.807, 2.05) is 42.5 Å². The third kappa shape index (κ3) is 2.67. The van der Waals surface area contributed by atoms with E-state index in [2.05, 4.69) is 20.9 Å². The zero-order chi connectivity index (χ0) is 15.7. The van der Waals surface area contributed by atoms with E-state index in [1.165, 1.54) is 4.90 Å². The van der Waals surface area contributed by atoms with E-state index >= 15 is 0 Å². The molecule has 0 aliphatic heterocycles. The molecule has 4 nitrogen and oxygen atoms in total. The molecule has 22 heavy (non-hydrogen) atoms. The maximum atomic E-state index is 12.6. The van der Waals surface area contributed by atoms with Crippen molar-refractivity contribution >= 4 is 38.4 Å². The number of nitrogens with zero attached hydrogens (tertiary/aromatic N) is 1. The van der Waals surface area contributed by atoms with Crippen LogP contribution in [0.2, 0.25) is 0 Å². The number of halogens is 1. The number of carbonyl (C=O) groups is 1. The maximum absolute atomic E-state index is 12.6. The summed E-state index contributed by atoms with van der Waals surface area (Å²) in [6, 6.07) is 16.4. The molecule has 0 radical (unpaired) electrons. The van der Waals surface area contributed by atoms with Gasteiger partial charge in [-0.15, -0.1) is 0 Å². The standard InChI is InChI=1S/C17H13BrN2O2/c1-20(13-5-3-2-4-6-13)17(22)14-10-11-9-12(18)7-8-15(11)19-16(14)21/h2-10H,1H3,(H,19,21). The third-order valence-electron chi connectivity index (χ3n) is 3.48. The summed E-state index contributed by atoms with van der Waals surface area (Å²) in [6.45, 7) is 0. The molecule has 3 rings (SSSR count). The van der Waals surface area contributed by atoms with Gasteiger partial charge in [0.05, 0.1) is 0 Å². The van der Waals surface area contributed by atoms with Gasteiger partial charge in [0.25, 0.3) is 11.5 Å². The first kappa shape index (κ1) is 14.5. The van der Waals surface area contributed by atoms with Crippen LogP contribution in [-0.2, 0) is 0 Å². The zero-order valence-corrected chi connectivity index (χ0v) is 13.4. The highest BCUT2D eigenvalue weighted by Crippen LogP contribution is 2.19. The Kier molecular flexibility index (Phi) is 3.81. The third-order valence-corrected chi connectivity index (χ3v) is 3.98. The average molecular weight is 357 g/mol. The Hall–Kier alpha value is -2.40. The van der Waals surface area contributed by atoms with Gasteiger partial charge in [0.1, 0.15) is 5.56 Å². The van der Waals surface area contributed by atoms with E-state index in [4.69, 9.17) is 0 Å². The molecule has 1 amide bonds. The number of para-hydroxylation sites is 1. The largest absolute Gasteiger partial charge is 0.321 e. The van der Waals surface area contributed by atoms with Crippen molar-refractivity contribution in [1.82, 2.24) is 4.98 Å². The lowest BCUT2D eigenvalue weighted by atomic mass is 10.1. The molecule has 0 atom stereocenters. The average Bonchev–Trinajstić information content (AvgIpc) is 2.54. The summed E-state index contributed by atoms with van der Waals surface area (Å²) in [6.07, 6.45) is 0. The Morgan fingerprint density at radius 1 is 1.09 bits per heavy atom. The summed E-state index contributed by atoms with van der Waals surface area (Å²) in [5.74, 6) is -0.339. The Balaban J connectivity index is 2.07. The van der Waals surface area contributed by atoms with Gasteiger partial charge in [-0.3, -0.25) is 9.59 Å². The van der Waals surface area contributed by atoms with Gasteiger partial charge < -0.3 is 9.88 Å². The van der Waals surface area contributed by atoms with E-state index in [1.54, 1.807) is 19.2 Å². The second-order valence-corrected chi connectivity index (χ2v) is 5.86. The normalized spacial score (nSPS) is 10.6. The monoisotopic (exact) mass is 356 g/mol. The topological polar surface area (TPSA) is 53.2 Å². The van der Waals surface area contributed by atoms with Gasteiger partial charge in [0, 0.05) is 28.1 Å². The molecule has 0 bridgehead atoms. The van der Waals surface area contributed by atoms with Gasteiger partial charge in [-0.2, -0.15) is 0 Å². The number of nitrogens with one attached hydrogen (secondary N) is 1. The molecule has 0 unspecified atom stereocenters. The number of hydrogen-bond donors (Lipinski definition) is 1. The predicted octanol–water partition coefficient (Wildman–Crippen LogP) is 3.57. The fourth-order valence-corrected chi connectivity index (χ4v) is 2.66. The summed E-state index contributed by atoms with van der Waals surface area (Å²) in [7, 11) is 1.65. The Bertz CT molecular complexity index is 903. The Labute approximate surface area is 135 Å². The smallest absolute Gasteiger partial charge is 0.263 e. The zero-order valence-electron chi connectivity index (χ0n) is 11.8. The second kappa shape index (κ2) is 5.77. The van der Waals surface area contributed by atoms with Gasteiger partial charge in [-0.25, -0.2) is 0 Å². The predicted molar refractivity (Wildman–Crippen MR) is 91.4 cm³/mol. The maximum Gasteiger partial charge on any atom is 0.263 e. The van der Waals surface area contributed by atoms with E-state index in [9.17, 15) is 9.59 Å². The highest BCUT2D eigenvalue weighted by Gasteiger charge is 2.17. The highest BCUT2D eigenvalue weighted by molar-refractivity contribution is 9.10. The van der Waals surface area contributed by atoms with Crippen LogP contribution in [-0.4, -0.2) is 17.9 Å². The molecule has 1 aromatic heterocycles. The number of fused-ring (bicyclic) bond motifs is 1. The molecule has 110 valence electrons. The molecule has 1 N–H and O–H groups in total. The fourth-order valence-electron chi connectivity index (χ4n) is 2.29. The van der Waals surface area contributed by atoms with E-state index in [0.29, 0.717) is 5.52 Å². The number of anilines is 1. The number of carbonyl (C=O) groups excluding carboxylic acids is 1. The molecule has 0 aliphatic rings. The van der Waals surface area contributed by atoms with Gasteiger partial charge in [0.2, 0.25) is 0 Å². The second-order valence-electron chi connectivity index (χ2n) is 4.94. The number of H-pyrrole nitrogens is 1. The lowest BCUT2D eigenvalue weighted by Gasteiger charge is -2.17. The van der Waals surface area contributed by atoms with Crippen molar-refractivity contribution in [2.45, 2.75) is 0 Å². The molecule has 5 heteroatoms. The molecule has 0 spiro atoms. The van der Waals surface area contributed by atoms with E-state index in [-0.39, 0.29) is 17.0 Å². The van der Waals surface area contributed by atoms with Crippen molar-refractivity contribution in [2.75, 3.05) is 11.9 Å². The van der Waals surface area contributed by atoms with Crippen molar-refractivity contribution in [3.8, 4) is 0 Å². The quantitative estimate of drug-likeness (QED) is 0.762.